The van der Waals surface area contributed by atoms with Crippen LogP contribution in [0.25, 0.3) is 0 Å². The fourth-order valence-electron chi connectivity index (χ4n) is 2.53. The smallest absolute Gasteiger partial charge is 0.406 e. The fraction of sp³-hybridized carbons (Fsp3) is 0.714. The van der Waals surface area contributed by atoms with Gasteiger partial charge in [0.25, 0.3) is 0 Å². The highest BCUT2D eigenvalue weighted by atomic mass is 35.5. The second-order valence-corrected chi connectivity index (χ2v) is 13.6. The Labute approximate surface area is 235 Å². The summed E-state index contributed by atoms with van der Waals surface area (Å²) >= 11 is 13.2. The van der Waals surface area contributed by atoms with Crippen LogP contribution in [0.4, 0.5) is 5.82 Å². The number of ether oxygens (including phenoxy) is 1. The lowest BCUT2D eigenvalue weighted by Crippen LogP contribution is -2.49. The molecule has 4 atom stereocenters. The summed E-state index contributed by atoms with van der Waals surface area (Å²) in [6.07, 6.45) is -3.33. The predicted octanol–water partition coefficient (Wildman–Crippen LogP) is 2.01. The van der Waals surface area contributed by atoms with E-state index in [1.165, 1.54) is 13.0 Å². The molecule has 1 heterocycles. The van der Waals surface area contributed by atoms with E-state index in [1.807, 2.05) is 0 Å². The molecule has 0 spiro atoms. The summed E-state index contributed by atoms with van der Waals surface area (Å²) in [5, 5.41) is 23.3. The monoisotopic (exact) mass is 620 g/mol. The number of esters is 1. The molecule has 0 bridgehead atoms. The number of nitrogens with one attached hydrogen (secondary N) is 1. The number of alkyl halides is 2. The first-order chi connectivity index (χ1) is 17.3. The van der Waals surface area contributed by atoms with Crippen LogP contribution in [-0.4, -0.2) is 74.2 Å². The number of hydrogen-bond acceptors (Lipinski definition) is 12. The van der Waals surface area contributed by atoms with E-state index in [-0.39, 0.29) is 23.3 Å². The molecule has 0 saturated heterocycles. The summed E-state index contributed by atoms with van der Waals surface area (Å²) in [4.78, 5) is 39.9. The van der Waals surface area contributed by atoms with Crippen molar-refractivity contribution in [2.75, 3.05) is 24.7 Å². The van der Waals surface area contributed by atoms with Gasteiger partial charge in [0, 0.05) is 17.4 Å². The number of carbonyl (C=O) groups excluding carboxylic acids is 2. The quantitative estimate of drug-likeness (QED) is 0.102. The fourth-order valence-corrected chi connectivity index (χ4v) is 5.47. The lowest BCUT2D eigenvalue weighted by Gasteiger charge is -2.31. The van der Waals surface area contributed by atoms with Crippen molar-refractivity contribution in [3.63, 3.8) is 0 Å². The minimum Gasteiger partial charge on any atom is -0.462 e. The van der Waals surface area contributed by atoms with Gasteiger partial charge in [0.05, 0.1) is 19.3 Å². The van der Waals surface area contributed by atoms with E-state index in [4.69, 9.17) is 42.7 Å². The van der Waals surface area contributed by atoms with Crippen LogP contribution in [0, 0.1) is 5.41 Å². The van der Waals surface area contributed by atoms with E-state index in [9.17, 15) is 29.2 Å². The molecule has 5 N–H and O–H groups in total. The molecule has 218 valence electrons. The second kappa shape index (κ2) is 14.4. The van der Waals surface area contributed by atoms with Gasteiger partial charge >= 0.3 is 19.4 Å². The molecule has 13 nitrogen and oxygen atoms in total. The minimum atomic E-state index is -4.34. The third kappa shape index (κ3) is 10.7. The van der Waals surface area contributed by atoms with Crippen LogP contribution in [0.5, 0.6) is 0 Å². The maximum Gasteiger partial charge on any atom is 0.406 e. The number of carbonyl (C=O) groups is 2. The van der Waals surface area contributed by atoms with Crippen molar-refractivity contribution in [1.29, 1.82) is 0 Å². The molecule has 0 aliphatic heterocycles. The molecule has 17 heteroatoms. The van der Waals surface area contributed by atoms with Gasteiger partial charge in [-0.25, -0.2) is 14.4 Å². The van der Waals surface area contributed by atoms with Crippen molar-refractivity contribution in [2.24, 2.45) is 5.41 Å². The van der Waals surface area contributed by atoms with E-state index < -0.39 is 60.2 Å². The van der Waals surface area contributed by atoms with Crippen LogP contribution in [0.2, 0.25) is 0 Å². The van der Waals surface area contributed by atoms with Crippen LogP contribution in [-0.2, 0) is 32.4 Å². The SMILES string of the molecule is CC(C)OC(=O)C(C)NP(=O)(OCCSC(=O)C(C)(C)C)OCC(O)C(O)C(Cl)(Cl)n1ccc(N)nc1=O. The first-order valence-corrected chi connectivity index (χ1v) is 14.7. The number of nitrogens with two attached hydrogens (primary N) is 1. The Balaban J connectivity index is 2.98. The number of hydrogen-bond donors (Lipinski definition) is 4. The molecular formula is C21H35Cl2N4O9PS. The largest absolute Gasteiger partial charge is 0.462 e. The first kappa shape index (κ1) is 34.8. The van der Waals surface area contributed by atoms with Crippen molar-refractivity contribution in [3.05, 3.63) is 22.7 Å². The molecule has 0 aliphatic rings. The van der Waals surface area contributed by atoms with Crippen LogP contribution in [0.3, 0.4) is 0 Å². The van der Waals surface area contributed by atoms with Crippen LogP contribution in [0.15, 0.2) is 17.1 Å². The molecule has 1 rings (SSSR count). The third-order valence-corrected chi connectivity index (χ3v) is 8.30. The van der Waals surface area contributed by atoms with Gasteiger partial charge < -0.3 is 20.7 Å². The first-order valence-electron chi connectivity index (χ1n) is 11.4. The van der Waals surface area contributed by atoms with Crippen molar-refractivity contribution in [2.45, 2.75) is 70.4 Å². The molecule has 0 aliphatic carbocycles. The lowest BCUT2D eigenvalue weighted by atomic mass is 10.00. The Bertz CT molecular complexity index is 1070. The lowest BCUT2D eigenvalue weighted by molar-refractivity contribution is -0.149. The van der Waals surface area contributed by atoms with Crippen LogP contribution < -0.4 is 16.5 Å². The normalized spacial score (nSPS) is 16.5. The zero-order chi connectivity index (χ0) is 29.5. The standard InChI is InChI=1S/C21H35Cl2N4O9PS/c1-12(2)36-17(30)13(3)26-37(33,34-9-10-38-18(31)20(4,5)6)35-11-14(28)16(29)21(22,23)27-8-7-15(24)25-19(27)32/h7-8,12-14,16,28-29H,9-11H2,1-6H3,(H,26,33)(H2,24,25,32). The van der Waals surface area contributed by atoms with E-state index in [0.29, 0.717) is 4.57 Å². The highest BCUT2D eigenvalue weighted by Crippen LogP contribution is 2.45. The van der Waals surface area contributed by atoms with Crippen LogP contribution in [0.1, 0.15) is 41.5 Å². The molecule has 0 radical (unpaired) electrons. The number of anilines is 1. The second-order valence-electron chi connectivity index (χ2n) is 9.45. The Hall–Kier alpha value is -1.22. The number of rotatable bonds is 14. The third-order valence-electron chi connectivity index (χ3n) is 4.53. The Kier molecular flexibility index (Phi) is 13.2. The van der Waals surface area contributed by atoms with Gasteiger partial charge in [-0.15, -0.1) is 0 Å². The summed E-state index contributed by atoms with van der Waals surface area (Å²) in [5.74, 6) is -0.757. The van der Waals surface area contributed by atoms with E-state index >= 15 is 0 Å². The van der Waals surface area contributed by atoms with E-state index in [0.717, 1.165) is 18.0 Å². The summed E-state index contributed by atoms with van der Waals surface area (Å²) < 4.78 is 27.3. The summed E-state index contributed by atoms with van der Waals surface area (Å²) in [5.41, 5.74) is 3.83. The van der Waals surface area contributed by atoms with Gasteiger partial charge in [-0.3, -0.25) is 23.2 Å². The molecule has 0 saturated carbocycles. The zero-order valence-electron chi connectivity index (χ0n) is 21.9. The minimum absolute atomic E-state index is 0.112. The van der Waals surface area contributed by atoms with Crippen LogP contribution >= 0.6 is 42.7 Å². The molecule has 1 aromatic heterocycles. The number of halogens is 2. The summed E-state index contributed by atoms with van der Waals surface area (Å²) in [6.45, 7) is 8.76. The molecule has 4 unspecified atom stereocenters. The number of aromatic nitrogens is 2. The summed E-state index contributed by atoms with van der Waals surface area (Å²) in [6, 6.07) is 0.0384. The van der Waals surface area contributed by atoms with Gasteiger partial charge in [0.15, 0.2) is 5.12 Å². The highest BCUT2D eigenvalue weighted by molar-refractivity contribution is 8.13. The zero-order valence-corrected chi connectivity index (χ0v) is 25.1. The van der Waals surface area contributed by atoms with Gasteiger partial charge in [-0.1, -0.05) is 55.7 Å². The van der Waals surface area contributed by atoms with Crippen molar-refractivity contribution in [1.82, 2.24) is 14.6 Å². The Morgan fingerprint density at radius 3 is 2.37 bits per heavy atom. The van der Waals surface area contributed by atoms with Gasteiger partial charge in [0.1, 0.15) is 24.1 Å². The molecule has 0 fully saturated rings. The number of aliphatic hydroxyl groups is 2. The number of nitrogen functional groups attached to an aromatic ring is 1. The van der Waals surface area contributed by atoms with E-state index in [2.05, 4.69) is 10.1 Å². The summed E-state index contributed by atoms with van der Waals surface area (Å²) in [7, 11) is -4.34. The van der Waals surface area contributed by atoms with Gasteiger partial charge in [-0.2, -0.15) is 4.98 Å². The number of thioether (sulfide) groups is 1. The van der Waals surface area contributed by atoms with Gasteiger partial charge in [-0.05, 0) is 26.8 Å². The van der Waals surface area contributed by atoms with Crippen molar-refractivity contribution >= 4 is 59.6 Å². The van der Waals surface area contributed by atoms with E-state index in [1.54, 1.807) is 34.6 Å². The highest BCUT2D eigenvalue weighted by Gasteiger charge is 2.43. The Morgan fingerprint density at radius 2 is 1.84 bits per heavy atom. The average Bonchev–Trinajstić information content (AvgIpc) is 2.78. The molecule has 1 aromatic rings. The van der Waals surface area contributed by atoms with Gasteiger partial charge in [0.2, 0.25) is 4.46 Å². The molecular weight excluding hydrogens is 586 g/mol. The maximum absolute atomic E-state index is 13.4. The average molecular weight is 621 g/mol. The molecule has 38 heavy (non-hydrogen) atoms. The Morgan fingerprint density at radius 1 is 1.24 bits per heavy atom. The number of nitrogens with zero attached hydrogens (tertiary/aromatic N) is 2. The maximum atomic E-state index is 13.4. The predicted molar refractivity (Wildman–Crippen MR) is 145 cm³/mol. The molecule has 0 aromatic carbocycles. The topological polar surface area (TPSA) is 192 Å². The number of aliphatic hydroxyl groups excluding tert-OH is 2. The molecule has 0 amide bonds. The van der Waals surface area contributed by atoms with Crippen molar-refractivity contribution < 1.29 is 38.2 Å². The van der Waals surface area contributed by atoms with Crippen molar-refractivity contribution in [3.8, 4) is 0 Å².